The van der Waals surface area contributed by atoms with Crippen molar-refractivity contribution < 1.29 is 22.9 Å². The van der Waals surface area contributed by atoms with Gasteiger partial charge in [0.15, 0.2) is 0 Å². The van der Waals surface area contributed by atoms with Gasteiger partial charge in [0.2, 0.25) is 5.91 Å². The summed E-state index contributed by atoms with van der Waals surface area (Å²) in [6.07, 6.45) is 42.1. The first-order chi connectivity index (χ1) is 22.8. The molecule has 1 amide bonds. The fraction of sp³-hybridized carbons (Fsp3) is 0.925. The summed E-state index contributed by atoms with van der Waals surface area (Å²) in [5, 5.41) is 13.2. The molecule has 2 atom stereocenters. The van der Waals surface area contributed by atoms with Crippen LogP contribution in [0.4, 0.5) is 0 Å². The van der Waals surface area contributed by atoms with E-state index in [1.54, 1.807) is 6.08 Å². The molecule has 0 aromatic heterocycles. The SMILES string of the molecule is CCCCCCCCCC/C=C/C(O)C(CS(=O)(=O)O)NC(=O)CCCCCCCCCCCCCCCCCCCCCCCC. The fourth-order valence-electron chi connectivity index (χ4n) is 6.39. The van der Waals surface area contributed by atoms with Crippen molar-refractivity contribution in [3.63, 3.8) is 0 Å². The Balaban J connectivity index is 3.77. The highest BCUT2D eigenvalue weighted by molar-refractivity contribution is 7.85. The van der Waals surface area contributed by atoms with Crippen LogP contribution in [0.1, 0.15) is 219 Å². The van der Waals surface area contributed by atoms with Crippen LogP contribution in [-0.4, -0.2) is 41.9 Å². The molecule has 0 saturated heterocycles. The summed E-state index contributed by atoms with van der Waals surface area (Å²) in [4.78, 5) is 12.5. The summed E-state index contributed by atoms with van der Waals surface area (Å²) in [7, 11) is -4.33. The van der Waals surface area contributed by atoms with Gasteiger partial charge in [-0.1, -0.05) is 206 Å². The number of allylic oxidation sites excluding steroid dienone is 1. The van der Waals surface area contributed by atoms with Crippen LogP contribution >= 0.6 is 0 Å². The minimum absolute atomic E-state index is 0.276. The quantitative estimate of drug-likeness (QED) is 0.0343. The number of aliphatic hydroxyl groups is 1. The van der Waals surface area contributed by atoms with E-state index in [4.69, 9.17) is 0 Å². The molecule has 0 aliphatic carbocycles. The van der Waals surface area contributed by atoms with Gasteiger partial charge in [0.1, 0.15) is 0 Å². The number of hydrogen-bond donors (Lipinski definition) is 3. The molecule has 47 heavy (non-hydrogen) atoms. The topological polar surface area (TPSA) is 104 Å². The molecule has 280 valence electrons. The van der Waals surface area contributed by atoms with Crippen LogP contribution in [0.5, 0.6) is 0 Å². The first-order valence-corrected chi connectivity index (χ1v) is 22.0. The number of unbranched alkanes of at least 4 members (excludes halogenated alkanes) is 29. The van der Waals surface area contributed by atoms with E-state index in [9.17, 15) is 22.9 Å². The van der Waals surface area contributed by atoms with Gasteiger partial charge < -0.3 is 10.4 Å². The molecule has 0 rings (SSSR count). The monoisotopic (exact) mass is 686 g/mol. The van der Waals surface area contributed by atoms with Gasteiger partial charge in [-0.2, -0.15) is 8.42 Å². The Hall–Kier alpha value is -0.920. The number of amides is 1. The third-order valence-electron chi connectivity index (χ3n) is 9.46. The molecule has 0 aliphatic rings. The summed E-state index contributed by atoms with van der Waals surface area (Å²) in [6.45, 7) is 4.50. The molecule has 2 unspecified atom stereocenters. The van der Waals surface area contributed by atoms with Crippen LogP contribution in [0.3, 0.4) is 0 Å². The molecule has 0 aliphatic heterocycles. The van der Waals surface area contributed by atoms with Crippen molar-refractivity contribution in [2.24, 2.45) is 0 Å². The molecule has 0 saturated carbocycles. The Kier molecular flexibility index (Phi) is 34.2. The summed E-state index contributed by atoms with van der Waals surface area (Å²) >= 11 is 0. The van der Waals surface area contributed by atoms with Gasteiger partial charge in [-0.15, -0.1) is 0 Å². The van der Waals surface area contributed by atoms with Crippen LogP contribution in [0.15, 0.2) is 12.2 Å². The standard InChI is InChI=1S/C40H79NO5S/c1-3-5-7-9-11-13-15-16-17-18-19-20-21-22-23-24-25-26-28-30-32-34-36-40(43)41-38(37-47(44,45)46)39(42)35-33-31-29-27-14-12-10-8-6-4-2/h33,35,38-39,42H,3-32,34,36-37H2,1-2H3,(H,41,43)(H,44,45,46)/b35-33+. The maximum absolute atomic E-state index is 12.5. The molecule has 3 N–H and O–H groups in total. The summed E-state index contributed by atoms with van der Waals surface area (Å²) < 4.78 is 32.3. The maximum atomic E-state index is 12.5. The molecule has 0 spiro atoms. The molecule has 0 radical (unpaired) electrons. The first-order valence-electron chi connectivity index (χ1n) is 20.4. The zero-order valence-electron chi connectivity index (χ0n) is 31.2. The normalized spacial score (nSPS) is 13.4. The summed E-state index contributed by atoms with van der Waals surface area (Å²) in [5.74, 6) is -0.969. The molecular weight excluding hydrogens is 607 g/mol. The molecular formula is C40H79NO5S. The van der Waals surface area contributed by atoms with Gasteiger partial charge in [0, 0.05) is 6.42 Å². The average molecular weight is 686 g/mol. The van der Waals surface area contributed by atoms with E-state index in [0.29, 0.717) is 6.42 Å². The highest BCUT2D eigenvalue weighted by atomic mass is 32.2. The maximum Gasteiger partial charge on any atom is 0.267 e. The minimum atomic E-state index is -4.33. The summed E-state index contributed by atoms with van der Waals surface area (Å²) in [6, 6.07) is -1.05. The Morgan fingerprint density at radius 1 is 0.553 bits per heavy atom. The van der Waals surface area contributed by atoms with Crippen molar-refractivity contribution in [1.82, 2.24) is 5.32 Å². The number of hydrogen-bond acceptors (Lipinski definition) is 4. The lowest BCUT2D eigenvalue weighted by atomic mass is 10.0. The molecule has 0 fully saturated rings. The van der Waals surface area contributed by atoms with Crippen molar-refractivity contribution in [1.29, 1.82) is 0 Å². The molecule has 0 heterocycles. The van der Waals surface area contributed by atoms with Gasteiger partial charge in [-0.05, 0) is 19.3 Å². The van der Waals surface area contributed by atoms with Gasteiger partial charge in [-0.25, -0.2) is 0 Å². The Bertz CT molecular complexity index is 800. The number of rotatable bonds is 37. The predicted molar refractivity (Wildman–Crippen MR) is 203 cm³/mol. The Labute approximate surface area is 292 Å². The third-order valence-corrected chi connectivity index (χ3v) is 10.2. The van der Waals surface area contributed by atoms with E-state index in [2.05, 4.69) is 19.2 Å². The lowest BCUT2D eigenvalue weighted by molar-refractivity contribution is -0.122. The van der Waals surface area contributed by atoms with Crippen LogP contribution < -0.4 is 5.32 Å². The average Bonchev–Trinajstić information content (AvgIpc) is 3.03. The van der Waals surface area contributed by atoms with Crippen molar-refractivity contribution >= 4 is 16.0 Å². The van der Waals surface area contributed by atoms with Crippen LogP contribution in [0.2, 0.25) is 0 Å². The van der Waals surface area contributed by atoms with Crippen LogP contribution in [0.25, 0.3) is 0 Å². The van der Waals surface area contributed by atoms with Crippen molar-refractivity contribution in [2.75, 3.05) is 5.75 Å². The molecule has 7 heteroatoms. The van der Waals surface area contributed by atoms with Crippen molar-refractivity contribution in [3.05, 3.63) is 12.2 Å². The smallest absolute Gasteiger partial charge is 0.267 e. The molecule has 6 nitrogen and oxygen atoms in total. The van der Waals surface area contributed by atoms with E-state index in [0.717, 1.165) is 38.5 Å². The van der Waals surface area contributed by atoms with E-state index >= 15 is 0 Å². The van der Waals surface area contributed by atoms with E-state index in [1.165, 1.54) is 161 Å². The highest BCUT2D eigenvalue weighted by Gasteiger charge is 2.24. The zero-order valence-corrected chi connectivity index (χ0v) is 32.0. The largest absolute Gasteiger partial charge is 0.387 e. The van der Waals surface area contributed by atoms with E-state index in [-0.39, 0.29) is 5.91 Å². The molecule has 0 aromatic rings. The summed E-state index contributed by atoms with van der Waals surface area (Å²) in [5.41, 5.74) is 0. The number of aliphatic hydroxyl groups excluding tert-OH is 1. The lowest BCUT2D eigenvalue weighted by Gasteiger charge is -2.21. The second-order valence-corrected chi connectivity index (χ2v) is 15.8. The Morgan fingerprint density at radius 2 is 0.872 bits per heavy atom. The zero-order chi connectivity index (χ0) is 34.7. The fourth-order valence-corrected chi connectivity index (χ4v) is 7.13. The van der Waals surface area contributed by atoms with Gasteiger partial charge >= 0.3 is 0 Å². The van der Waals surface area contributed by atoms with Crippen LogP contribution in [0, 0.1) is 0 Å². The number of carbonyl (C=O) groups is 1. The second-order valence-electron chi connectivity index (χ2n) is 14.3. The van der Waals surface area contributed by atoms with Crippen LogP contribution in [-0.2, 0) is 14.9 Å². The van der Waals surface area contributed by atoms with E-state index in [1.807, 2.05) is 6.08 Å². The predicted octanol–water partition coefficient (Wildman–Crippen LogP) is 11.8. The highest BCUT2D eigenvalue weighted by Crippen LogP contribution is 2.16. The molecule has 0 bridgehead atoms. The van der Waals surface area contributed by atoms with Gasteiger partial charge in [0.05, 0.1) is 17.9 Å². The van der Waals surface area contributed by atoms with Crippen molar-refractivity contribution in [3.8, 4) is 0 Å². The van der Waals surface area contributed by atoms with E-state index < -0.39 is 28.0 Å². The van der Waals surface area contributed by atoms with Gasteiger partial charge in [0.25, 0.3) is 10.1 Å². The number of carbonyl (C=O) groups excluding carboxylic acids is 1. The first kappa shape index (κ1) is 46.1. The lowest BCUT2D eigenvalue weighted by Crippen LogP contribution is -2.46. The van der Waals surface area contributed by atoms with Gasteiger partial charge in [-0.3, -0.25) is 9.35 Å². The Morgan fingerprint density at radius 3 is 1.21 bits per heavy atom. The van der Waals surface area contributed by atoms with Crippen molar-refractivity contribution in [2.45, 2.75) is 231 Å². The number of nitrogens with one attached hydrogen (secondary N) is 1. The minimum Gasteiger partial charge on any atom is -0.387 e. The molecule has 0 aromatic carbocycles. The second kappa shape index (κ2) is 34.9. The third kappa shape index (κ3) is 36.2.